The summed E-state index contributed by atoms with van der Waals surface area (Å²) in [6, 6.07) is 9.46. The summed E-state index contributed by atoms with van der Waals surface area (Å²) in [6.45, 7) is 0.634. The van der Waals surface area contributed by atoms with Crippen LogP contribution in [0.3, 0.4) is 0 Å². The van der Waals surface area contributed by atoms with Gasteiger partial charge in [0.15, 0.2) is 0 Å². The van der Waals surface area contributed by atoms with Gasteiger partial charge in [-0.25, -0.2) is 0 Å². The lowest BCUT2D eigenvalue weighted by Crippen LogP contribution is -2.03. The Bertz CT molecular complexity index is 440. The predicted octanol–water partition coefficient (Wildman–Crippen LogP) is 2.93. The van der Waals surface area contributed by atoms with Crippen molar-refractivity contribution >= 4 is 23.0 Å². The van der Waals surface area contributed by atoms with Crippen LogP contribution in [0, 0.1) is 0 Å². The number of nitrogens with one attached hydrogen (secondary N) is 1. The van der Waals surface area contributed by atoms with E-state index in [-0.39, 0.29) is 0 Å². The van der Waals surface area contributed by atoms with E-state index in [1.165, 1.54) is 0 Å². The summed E-state index contributed by atoms with van der Waals surface area (Å²) < 4.78 is 0. The van der Waals surface area contributed by atoms with Crippen molar-refractivity contribution in [1.29, 1.82) is 0 Å². The van der Waals surface area contributed by atoms with Gasteiger partial charge in [0.2, 0.25) is 0 Å². The molecule has 4 heteroatoms. The Kier molecular flexibility index (Phi) is 3.27. The molecule has 1 heterocycles. The van der Waals surface area contributed by atoms with Crippen LogP contribution in [0.1, 0.15) is 5.56 Å². The summed E-state index contributed by atoms with van der Waals surface area (Å²) in [5.41, 5.74) is 8.33. The van der Waals surface area contributed by atoms with Crippen molar-refractivity contribution in [3.05, 3.63) is 53.3 Å². The van der Waals surface area contributed by atoms with Gasteiger partial charge in [0.05, 0.1) is 17.6 Å². The average molecular weight is 234 g/mol. The number of aromatic nitrogens is 1. The normalized spacial score (nSPS) is 10.1. The molecule has 0 spiro atoms. The van der Waals surface area contributed by atoms with Crippen molar-refractivity contribution in [1.82, 2.24) is 4.98 Å². The quantitative estimate of drug-likeness (QED) is 0.857. The number of nitrogen functional groups attached to an aromatic ring is 1. The van der Waals surface area contributed by atoms with Gasteiger partial charge >= 0.3 is 0 Å². The van der Waals surface area contributed by atoms with Crippen molar-refractivity contribution in [2.45, 2.75) is 6.54 Å². The van der Waals surface area contributed by atoms with E-state index in [2.05, 4.69) is 10.3 Å². The number of pyridine rings is 1. The van der Waals surface area contributed by atoms with Crippen LogP contribution in [0.15, 0.2) is 42.7 Å². The van der Waals surface area contributed by atoms with Crippen LogP contribution >= 0.6 is 11.6 Å². The molecule has 0 saturated carbocycles. The highest BCUT2D eigenvalue weighted by Crippen LogP contribution is 2.19. The van der Waals surface area contributed by atoms with Crippen LogP contribution in [-0.2, 0) is 6.54 Å². The first-order valence-corrected chi connectivity index (χ1v) is 5.32. The largest absolute Gasteiger partial charge is 0.397 e. The smallest absolute Gasteiger partial charge is 0.0762 e. The molecule has 16 heavy (non-hydrogen) atoms. The van der Waals surface area contributed by atoms with Crippen molar-refractivity contribution in [2.75, 3.05) is 11.1 Å². The minimum Gasteiger partial charge on any atom is -0.397 e. The van der Waals surface area contributed by atoms with E-state index >= 15 is 0 Å². The lowest BCUT2D eigenvalue weighted by atomic mass is 10.2. The molecule has 0 unspecified atom stereocenters. The molecule has 3 nitrogen and oxygen atoms in total. The van der Waals surface area contributed by atoms with Gasteiger partial charge in [0.1, 0.15) is 0 Å². The number of hydrogen-bond donors (Lipinski definition) is 2. The zero-order valence-corrected chi connectivity index (χ0v) is 9.41. The molecule has 0 aliphatic rings. The highest BCUT2D eigenvalue weighted by Gasteiger charge is 2.00. The maximum absolute atomic E-state index is 6.04. The first kappa shape index (κ1) is 10.8. The Morgan fingerprint density at radius 1 is 1.25 bits per heavy atom. The van der Waals surface area contributed by atoms with Gasteiger partial charge in [-0.3, -0.25) is 4.98 Å². The Labute approximate surface area is 99.3 Å². The van der Waals surface area contributed by atoms with Crippen LogP contribution < -0.4 is 11.1 Å². The van der Waals surface area contributed by atoms with Crippen molar-refractivity contribution in [2.24, 2.45) is 0 Å². The molecule has 1 aromatic heterocycles. The Hall–Kier alpha value is -1.74. The van der Waals surface area contributed by atoms with Crippen molar-refractivity contribution in [3.63, 3.8) is 0 Å². The number of benzene rings is 1. The second-order valence-corrected chi connectivity index (χ2v) is 3.82. The molecule has 0 radical (unpaired) electrons. The third-order valence-corrected chi connectivity index (χ3v) is 2.65. The SMILES string of the molecule is Nc1ccncc1NCc1ccccc1Cl. The molecule has 0 aliphatic carbocycles. The minimum atomic E-state index is 0.634. The van der Waals surface area contributed by atoms with Crippen LogP contribution in [0.2, 0.25) is 5.02 Å². The second-order valence-electron chi connectivity index (χ2n) is 3.41. The van der Waals surface area contributed by atoms with Gasteiger partial charge in [0.25, 0.3) is 0 Å². The van der Waals surface area contributed by atoms with Gasteiger partial charge in [-0.15, -0.1) is 0 Å². The first-order chi connectivity index (χ1) is 7.77. The van der Waals surface area contributed by atoms with E-state index in [1.807, 2.05) is 24.3 Å². The van der Waals surface area contributed by atoms with Crippen molar-refractivity contribution in [3.8, 4) is 0 Å². The van der Waals surface area contributed by atoms with Crippen LogP contribution in [0.25, 0.3) is 0 Å². The van der Waals surface area contributed by atoms with E-state index in [9.17, 15) is 0 Å². The van der Waals surface area contributed by atoms with Gasteiger partial charge in [-0.2, -0.15) is 0 Å². The van der Waals surface area contributed by atoms with E-state index in [0.29, 0.717) is 12.2 Å². The molecule has 82 valence electrons. The summed E-state index contributed by atoms with van der Waals surface area (Å²) in [5, 5.41) is 3.95. The number of anilines is 2. The van der Waals surface area contributed by atoms with Gasteiger partial charge in [-0.1, -0.05) is 29.8 Å². The minimum absolute atomic E-state index is 0.634. The number of nitrogens with two attached hydrogens (primary N) is 1. The fourth-order valence-corrected chi connectivity index (χ4v) is 1.59. The van der Waals surface area contributed by atoms with Crippen LogP contribution in [0.5, 0.6) is 0 Å². The van der Waals surface area contributed by atoms with E-state index in [1.54, 1.807) is 18.5 Å². The number of rotatable bonds is 3. The molecular weight excluding hydrogens is 222 g/mol. The average Bonchev–Trinajstić information content (AvgIpc) is 2.30. The molecular formula is C12H12ClN3. The van der Waals surface area contributed by atoms with E-state index in [0.717, 1.165) is 16.3 Å². The molecule has 2 rings (SSSR count). The predicted molar refractivity (Wildman–Crippen MR) is 67.4 cm³/mol. The lowest BCUT2D eigenvalue weighted by Gasteiger charge is -2.09. The Balaban J connectivity index is 2.09. The fourth-order valence-electron chi connectivity index (χ4n) is 1.39. The third kappa shape index (κ3) is 2.44. The molecule has 0 atom stereocenters. The maximum Gasteiger partial charge on any atom is 0.0762 e. The summed E-state index contributed by atoms with van der Waals surface area (Å²) >= 11 is 6.04. The monoisotopic (exact) mass is 233 g/mol. The van der Waals surface area contributed by atoms with Gasteiger partial charge in [-0.05, 0) is 17.7 Å². The van der Waals surface area contributed by atoms with E-state index < -0.39 is 0 Å². The molecule has 1 aromatic carbocycles. The summed E-state index contributed by atoms with van der Waals surface area (Å²) in [5.74, 6) is 0. The summed E-state index contributed by atoms with van der Waals surface area (Å²) in [4.78, 5) is 4.00. The third-order valence-electron chi connectivity index (χ3n) is 2.28. The van der Waals surface area contributed by atoms with E-state index in [4.69, 9.17) is 17.3 Å². The topological polar surface area (TPSA) is 50.9 Å². The Morgan fingerprint density at radius 3 is 2.81 bits per heavy atom. The molecule has 0 fully saturated rings. The number of halogens is 1. The van der Waals surface area contributed by atoms with Crippen LogP contribution in [0.4, 0.5) is 11.4 Å². The van der Waals surface area contributed by atoms with Gasteiger partial charge in [0, 0.05) is 17.8 Å². The molecule has 3 N–H and O–H groups in total. The zero-order chi connectivity index (χ0) is 11.4. The maximum atomic E-state index is 6.04. The number of nitrogens with zero attached hydrogens (tertiary/aromatic N) is 1. The molecule has 0 saturated heterocycles. The Morgan fingerprint density at radius 2 is 2.06 bits per heavy atom. The zero-order valence-electron chi connectivity index (χ0n) is 8.65. The van der Waals surface area contributed by atoms with Crippen molar-refractivity contribution < 1.29 is 0 Å². The highest BCUT2D eigenvalue weighted by molar-refractivity contribution is 6.31. The van der Waals surface area contributed by atoms with Gasteiger partial charge < -0.3 is 11.1 Å². The molecule has 2 aromatic rings. The first-order valence-electron chi connectivity index (χ1n) is 4.94. The molecule has 0 amide bonds. The summed E-state index contributed by atoms with van der Waals surface area (Å²) in [7, 11) is 0. The molecule has 0 aliphatic heterocycles. The lowest BCUT2D eigenvalue weighted by molar-refractivity contribution is 1.14. The highest BCUT2D eigenvalue weighted by atomic mass is 35.5. The van der Waals surface area contributed by atoms with Crippen LogP contribution in [-0.4, -0.2) is 4.98 Å². The fraction of sp³-hybridized carbons (Fsp3) is 0.0833. The number of hydrogen-bond acceptors (Lipinski definition) is 3. The molecule has 0 bridgehead atoms. The summed E-state index contributed by atoms with van der Waals surface area (Å²) in [6.07, 6.45) is 3.36. The second kappa shape index (κ2) is 4.86. The standard InChI is InChI=1S/C12H12ClN3/c13-10-4-2-1-3-9(10)7-16-12-8-15-6-5-11(12)14/h1-6,8,16H,7H2,(H2,14,15).